The lowest BCUT2D eigenvalue weighted by Gasteiger charge is -2.26. The molecule has 0 aliphatic rings. The van der Waals surface area contributed by atoms with Crippen LogP contribution in [-0.2, 0) is 19.5 Å². The van der Waals surface area contributed by atoms with Gasteiger partial charge in [0.2, 0.25) is 0 Å². The zero-order chi connectivity index (χ0) is 24.1. The summed E-state index contributed by atoms with van der Waals surface area (Å²) in [5, 5.41) is 1.38. The predicted molar refractivity (Wildman–Crippen MR) is 139 cm³/mol. The van der Waals surface area contributed by atoms with Gasteiger partial charge in [-0.05, 0) is 97.3 Å². The number of methoxy groups -OCH3 is 2. The average Bonchev–Trinajstić information content (AvgIpc) is 2.77. The summed E-state index contributed by atoms with van der Waals surface area (Å²) in [4.78, 5) is 2.48. The van der Waals surface area contributed by atoms with E-state index < -0.39 is 0 Å². The predicted octanol–water partition coefficient (Wildman–Crippen LogP) is 7.49. The van der Waals surface area contributed by atoms with Gasteiger partial charge in [0.05, 0.1) is 14.2 Å². The Balaban J connectivity index is 1.89. The maximum absolute atomic E-state index is 6.46. The third-order valence-corrected chi connectivity index (χ3v) is 6.79. The summed E-state index contributed by atoms with van der Waals surface area (Å²) in [6.07, 6.45) is 0.846. The molecule has 0 N–H and O–H groups in total. The number of halogens is 2. The Morgan fingerprint density at radius 3 is 1.64 bits per heavy atom. The average molecular weight is 486 g/mol. The topological polar surface area (TPSA) is 21.7 Å². The van der Waals surface area contributed by atoms with E-state index in [9.17, 15) is 0 Å². The molecule has 3 nitrogen and oxygen atoms in total. The van der Waals surface area contributed by atoms with Gasteiger partial charge in [-0.3, -0.25) is 4.90 Å². The van der Waals surface area contributed by atoms with Crippen molar-refractivity contribution in [3.63, 3.8) is 0 Å². The quantitative estimate of drug-likeness (QED) is 0.313. The smallest absolute Gasteiger partial charge is 0.122 e. The van der Waals surface area contributed by atoms with E-state index >= 15 is 0 Å². The van der Waals surface area contributed by atoms with Gasteiger partial charge in [-0.15, -0.1) is 0 Å². The fourth-order valence-corrected chi connectivity index (χ4v) is 4.68. The minimum atomic E-state index is 0.661. The number of rotatable bonds is 9. The molecule has 0 radical (unpaired) electrons. The molecule has 3 aromatic carbocycles. The van der Waals surface area contributed by atoms with E-state index in [0.717, 1.165) is 59.3 Å². The lowest BCUT2D eigenvalue weighted by molar-refractivity contribution is 0.258. The van der Waals surface area contributed by atoms with E-state index in [4.69, 9.17) is 32.7 Å². The molecule has 3 rings (SSSR count). The van der Waals surface area contributed by atoms with Crippen LogP contribution in [0.2, 0.25) is 10.0 Å². The molecule has 0 amide bonds. The van der Waals surface area contributed by atoms with Crippen molar-refractivity contribution in [2.75, 3.05) is 20.8 Å². The fraction of sp³-hybridized carbons (Fsp3) is 0.357. The molecule has 33 heavy (non-hydrogen) atoms. The molecule has 5 heteroatoms. The van der Waals surface area contributed by atoms with Gasteiger partial charge in [0.15, 0.2) is 0 Å². The molecule has 0 spiro atoms. The van der Waals surface area contributed by atoms with Crippen LogP contribution in [0.25, 0.3) is 0 Å². The van der Waals surface area contributed by atoms with Crippen LogP contribution < -0.4 is 9.47 Å². The number of hydrogen-bond acceptors (Lipinski definition) is 3. The van der Waals surface area contributed by atoms with E-state index in [1.165, 1.54) is 22.3 Å². The molecule has 0 aromatic heterocycles. The van der Waals surface area contributed by atoms with Gasteiger partial charge in [-0.25, -0.2) is 0 Å². The molecule has 0 saturated carbocycles. The number of benzene rings is 3. The number of aryl methyl sites for hydroxylation is 4. The SMILES string of the molecule is COc1cc(C)c(CN(CCc2ccc(Cl)cc2Cl)Cc2cc(C)c(OC)cc2C)cc1C. The van der Waals surface area contributed by atoms with E-state index in [-0.39, 0.29) is 0 Å². The van der Waals surface area contributed by atoms with Gasteiger partial charge in [-0.2, -0.15) is 0 Å². The van der Waals surface area contributed by atoms with Crippen LogP contribution >= 0.6 is 23.2 Å². The van der Waals surface area contributed by atoms with Gasteiger partial charge in [-0.1, -0.05) is 41.4 Å². The van der Waals surface area contributed by atoms with E-state index in [1.54, 1.807) is 14.2 Å². The van der Waals surface area contributed by atoms with Crippen LogP contribution in [0.5, 0.6) is 11.5 Å². The molecule has 176 valence electrons. The number of nitrogens with zero attached hydrogens (tertiary/aromatic N) is 1. The third kappa shape index (κ3) is 6.44. The second kappa shape index (κ2) is 11.3. The highest BCUT2D eigenvalue weighted by atomic mass is 35.5. The van der Waals surface area contributed by atoms with Crippen molar-refractivity contribution in [2.24, 2.45) is 0 Å². The second-order valence-electron chi connectivity index (χ2n) is 8.69. The van der Waals surface area contributed by atoms with Crippen LogP contribution in [0.15, 0.2) is 42.5 Å². The first-order valence-corrected chi connectivity index (χ1v) is 11.9. The van der Waals surface area contributed by atoms with Crippen LogP contribution in [-0.4, -0.2) is 25.7 Å². The van der Waals surface area contributed by atoms with Gasteiger partial charge < -0.3 is 9.47 Å². The maximum atomic E-state index is 6.46. The first-order valence-electron chi connectivity index (χ1n) is 11.2. The van der Waals surface area contributed by atoms with Crippen LogP contribution in [0, 0.1) is 27.7 Å². The zero-order valence-electron chi connectivity index (χ0n) is 20.4. The van der Waals surface area contributed by atoms with Crippen LogP contribution in [0.4, 0.5) is 0 Å². The fourth-order valence-electron chi connectivity index (χ4n) is 4.18. The number of hydrogen-bond donors (Lipinski definition) is 0. The highest BCUT2D eigenvalue weighted by Crippen LogP contribution is 2.27. The normalized spacial score (nSPS) is 11.2. The minimum Gasteiger partial charge on any atom is -0.496 e. The molecule has 0 fully saturated rings. The summed E-state index contributed by atoms with van der Waals surface area (Å²) in [6, 6.07) is 14.5. The molecular weight excluding hydrogens is 453 g/mol. The summed E-state index contributed by atoms with van der Waals surface area (Å²) in [6.45, 7) is 11.0. The second-order valence-corrected chi connectivity index (χ2v) is 9.54. The monoisotopic (exact) mass is 485 g/mol. The van der Waals surface area contributed by atoms with Crippen molar-refractivity contribution in [2.45, 2.75) is 47.2 Å². The largest absolute Gasteiger partial charge is 0.496 e. The summed E-state index contributed by atoms with van der Waals surface area (Å²) in [5.41, 5.74) is 8.47. The van der Waals surface area contributed by atoms with Gasteiger partial charge in [0.25, 0.3) is 0 Å². The van der Waals surface area contributed by atoms with Crippen molar-refractivity contribution >= 4 is 23.2 Å². The highest BCUT2D eigenvalue weighted by molar-refractivity contribution is 6.35. The maximum Gasteiger partial charge on any atom is 0.122 e. The van der Waals surface area contributed by atoms with E-state index in [0.29, 0.717) is 5.02 Å². The van der Waals surface area contributed by atoms with E-state index in [2.05, 4.69) is 56.9 Å². The van der Waals surface area contributed by atoms with Gasteiger partial charge in [0.1, 0.15) is 11.5 Å². The molecule has 0 atom stereocenters. The molecule has 0 aliphatic carbocycles. The molecule has 0 bridgehead atoms. The first kappa shape index (κ1) is 25.4. The summed E-state index contributed by atoms with van der Waals surface area (Å²) in [5.74, 6) is 1.86. The Kier molecular flexibility index (Phi) is 8.69. The van der Waals surface area contributed by atoms with Crippen molar-refractivity contribution < 1.29 is 9.47 Å². The molecule has 0 saturated heterocycles. The third-order valence-electron chi connectivity index (χ3n) is 6.21. The molecule has 3 aromatic rings. The summed E-state index contributed by atoms with van der Waals surface area (Å²) in [7, 11) is 3.44. The Bertz CT molecular complexity index is 1070. The van der Waals surface area contributed by atoms with Gasteiger partial charge >= 0.3 is 0 Å². The summed E-state index contributed by atoms with van der Waals surface area (Å²) < 4.78 is 11.0. The van der Waals surface area contributed by atoms with Crippen molar-refractivity contribution in [1.82, 2.24) is 4.90 Å². The van der Waals surface area contributed by atoms with Crippen LogP contribution in [0.1, 0.15) is 38.9 Å². The highest BCUT2D eigenvalue weighted by Gasteiger charge is 2.15. The standard InChI is InChI=1S/C28H33Cl2NO2/c1-18-13-27(32-5)20(3)11-23(18)16-31(10-9-22-7-8-25(29)15-26(22)30)17-24-12-21(4)28(33-6)14-19(24)2/h7-8,11-15H,9-10,16-17H2,1-6H3. The minimum absolute atomic E-state index is 0.661. The molecule has 0 unspecified atom stereocenters. The summed E-state index contributed by atoms with van der Waals surface area (Å²) >= 11 is 12.6. The number of ether oxygens (including phenoxy) is 2. The Morgan fingerprint density at radius 2 is 1.18 bits per heavy atom. The molecule has 0 heterocycles. The Labute approximate surface area is 208 Å². The van der Waals surface area contributed by atoms with Gasteiger partial charge in [0, 0.05) is 29.7 Å². The Morgan fingerprint density at radius 1 is 0.667 bits per heavy atom. The molecular formula is C28H33Cl2NO2. The van der Waals surface area contributed by atoms with Crippen molar-refractivity contribution in [1.29, 1.82) is 0 Å². The lowest BCUT2D eigenvalue weighted by atomic mass is 10.0. The van der Waals surface area contributed by atoms with Crippen molar-refractivity contribution in [3.8, 4) is 11.5 Å². The van der Waals surface area contributed by atoms with Crippen molar-refractivity contribution in [3.05, 3.63) is 91.5 Å². The molecule has 0 aliphatic heterocycles. The zero-order valence-corrected chi connectivity index (χ0v) is 21.9. The Hall–Kier alpha value is -2.20. The van der Waals surface area contributed by atoms with E-state index in [1.807, 2.05) is 18.2 Å². The first-order chi connectivity index (χ1) is 15.7. The lowest BCUT2D eigenvalue weighted by Crippen LogP contribution is -2.26. The van der Waals surface area contributed by atoms with Crippen LogP contribution in [0.3, 0.4) is 0 Å².